The minimum absolute atomic E-state index is 0.392. The second-order valence-corrected chi connectivity index (χ2v) is 10.3. The molecule has 0 saturated heterocycles. The molecule has 0 radical (unpaired) electrons. The SMILES string of the molecule is Cc1cccc(C(CC#C[Si](C)(C)C)C(=O)O)c1. The minimum atomic E-state index is -1.42. The number of aliphatic carboxylic acids is 1. The van der Waals surface area contributed by atoms with Gasteiger partial charge in [0.1, 0.15) is 8.07 Å². The fourth-order valence-electron chi connectivity index (χ4n) is 1.65. The average Bonchev–Trinajstić information content (AvgIpc) is 2.22. The molecule has 1 unspecified atom stereocenters. The first kappa shape index (κ1) is 14.5. The zero-order valence-corrected chi connectivity index (χ0v) is 12.4. The van der Waals surface area contributed by atoms with Gasteiger partial charge in [0.05, 0.1) is 5.92 Å². The van der Waals surface area contributed by atoms with Gasteiger partial charge in [0.25, 0.3) is 0 Å². The third-order valence-electron chi connectivity index (χ3n) is 2.51. The molecule has 0 aliphatic carbocycles. The molecule has 0 aromatic heterocycles. The molecule has 1 aromatic carbocycles. The zero-order valence-electron chi connectivity index (χ0n) is 11.4. The van der Waals surface area contributed by atoms with E-state index in [2.05, 4.69) is 31.1 Å². The molecule has 0 amide bonds. The lowest BCUT2D eigenvalue weighted by molar-refractivity contribution is -0.138. The number of rotatable bonds is 3. The zero-order chi connectivity index (χ0) is 13.8. The Morgan fingerprint density at radius 3 is 2.56 bits per heavy atom. The van der Waals surface area contributed by atoms with Gasteiger partial charge < -0.3 is 5.11 Å². The molecule has 0 heterocycles. The maximum atomic E-state index is 11.3. The van der Waals surface area contributed by atoms with Gasteiger partial charge in [-0.05, 0) is 12.5 Å². The van der Waals surface area contributed by atoms with Crippen molar-refractivity contribution in [3.8, 4) is 11.5 Å². The molecule has 0 aliphatic heterocycles. The van der Waals surface area contributed by atoms with Crippen LogP contribution in [-0.4, -0.2) is 19.1 Å². The van der Waals surface area contributed by atoms with E-state index in [1.54, 1.807) is 0 Å². The van der Waals surface area contributed by atoms with Crippen LogP contribution in [-0.2, 0) is 4.79 Å². The van der Waals surface area contributed by atoms with Crippen LogP contribution in [0, 0.1) is 18.4 Å². The van der Waals surface area contributed by atoms with E-state index in [1.807, 2.05) is 31.2 Å². The number of carbonyl (C=O) groups is 1. The van der Waals surface area contributed by atoms with Crippen molar-refractivity contribution in [2.24, 2.45) is 0 Å². The van der Waals surface area contributed by atoms with Gasteiger partial charge in [0.15, 0.2) is 0 Å². The van der Waals surface area contributed by atoms with Crippen LogP contribution in [0.5, 0.6) is 0 Å². The van der Waals surface area contributed by atoms with E-state index in [9.17, 15) is 9.90 Å². The topological polar surface area (TPSA) is 37.3 Å². The van der Waals surface area contributed by atoms with Crippen LogP contribution in [0.15, 0.2) is 24.3 Å². The summed E-state index contributed by atoms with van der Waals surface area (Å²) in [6.07, 6.45) is 0.392. The van der Waals surface area contributed by atoms with Gasteiger partial charge in [0, 0.05) is 6.42 Å². The maximum Gasteiger partial charge on any atom is 0.311 e. The number of benzene rings is 1. The number of carboxylic acid groups (broad SMARTS) is 1. The predicted molar refractivity (Wildman–Crippen MR) is 77.3 cm³/mol. The lowest BCUT2D eigenvalue weighted by atomic mass is 9.95. The van der Waals surface area contributed by atoms with Crippen molar-refractivity contribution in [3.63, 3.8) is 0 Å². The quantitative estimate of drug-likeness (QED) is 0.668. The molecular weight excluding hydrogens is 240 g/mol. The van der Waals surface area contributed by atoms with Crippen molar-refractivity contribution in [2.45, 2.75) is 38.9 Å². The van der Waals surface area contributed by atoms with Gasteiger partial charge in [0.2, 0.25) is 0 Å². The number of hydrogen-bond acceptors (Lipinski definition) is 1. The summed E-state index contributed by atoms with van der Waals surface area (Å²) in [4.78, 5) is 11.3. The van der Waals surface area contributed by atoms with E-state index >= 15 is 0 Å². The number of hydrogen-bond donors (Lipinski definition) is 1. The van der Waals surface area contributed by atoms with Crippen molar-refractivity contribution >= 4 is 14.0 Å². The second kappa shape index (κ2) is 5.88. The van der Waals surface area contributed by atoms with E-state index in [-0.39, 0.29) is 0 Å². The lowest BCUT2D eigenvalue weighted by Crippen LogP contribution is -2.17. The third-order valence-corrected chi connectivity index (χ3v) is 3.44. The molecule has 0 aliphatic rings. The van der Waals surface area contributed by atoms with Crippen LogP contribution in [0.25, 0.3) is 0 Å². The molecule has 1 aromatic rings. The van der Waals surface area contributed by atoms with Crippen molar-refractivity contribution < 1.29 is 9.90 Å². The fraction of sp³-hybridized carbons (Fsp3) is 0.400. The van der Waals surface area contributed by atoms with Crippen LogP contribution < -0.4 is 0 Å². The monoisotopic (exact) mass is 260 g/mol. The highest BCUT2D eigenvalue weighted by Gasteiger charge is 2.19. The highest BCUT2D eigenvalue weighted by Crippen LogP contribution is 2.20. The Balaban J connectivity index is 2.90. The van der Waals surface area contributed by atoms with Gasteiger partial charge in [-0.25, -0.2) is 0 Å². The summed E-state index contributed by atoms with van der Waals surface area (Å²) in [5.74, 6) is 1.74. The molecule has 0 saturated carbocycles. The summed E-state index contributed by atoms with van der Waals surface area (Å²) in [5, 5.41) is 9.29. The smallest absolute Gasteiger partial charge is 0.311 e. The van der Waals surface area contributed by atoms with Crippen LogP contribution in [0.1, 0.15) is 23.5 Å². The molecule has 3 heteroatoms. The normalized spacial score (nSPS) is 12.4. The Morgan fingerprint density at radius 1 is 1.39 bits per heavy atom. The standard InChI is InChI=1S/C15H20O2Si/c1-12-7-5-8-13(11-12)14(15(16)17)9-6-10-18(2,3)4/h5,7-8,11,14H,9H2,1-4H3,(H,16,17). The molecule has 1 atom stereocenters. The van der Waals surface area contributed by atoms with Gasteiger partial charge in [-0.2, -0.15) is 0 Å². The van der Waals surface area contributed by atoms with Gasteiger partial charge in [-0.15, -0.1) is 11.5 Å². The summed E-state index contributed by atoms with van der Waals surface area (Å²) < 4.78 is 0. The largest absolute Gasteiger partial charge is 0.481 e. The van der Waals surface area contributed by atoms with Gasteiger partial charge >= 0.3 is 5.97 Å². The molecule has 1 rings (SSSR count). The van der Waals surface area contributed by atoms with Crippen LogP contribution in [0.4, 0.5) is 0 Å². The van der Waals surface area contributed by atoms with Crippen molar-refractivity contribution in [1.29, 1.82) is 0 Å². The minimum Gasteiger partial charge on any atom is -0.481 e. The van der Waals surface area contributed by atoms with Crippen LogP contribution in [0.3, 0.4) is 0 Å². The van der Waals surface area contributed by atoms with Crippen molar-refractivity contribution in [1.82, 2.24) is 0 Å². The van der Waals surface area contributed by atoms with Gasteiger partial charge in [-0.3, -0.25) is 4.79 Å². The summed E-state index contributed by atoms with van der Waals surface area (Å²) in [6, 6.07) is 7.65. The highest BCUT2D eigenvalue weighted by molar-refractivity contribution is 6.83. The van der Waals surface area contributed by atoms with Crippen molar-refractivity contribution in [3.05, 3.63) is 35.4 Å². The molecule has 96 valence electrons. The predicted octanol–water partition coefficient (Wildman–Crippen LogP) is 3.43. The summed E-state index contributed by atoms with van der Waals surface area (Å²) in [6.45, 7) is 8.43. The summed E-state index contributed by atoms with van der Waals surface area (Å²) in [5.41, 5.74) is 5.14. The molecule has 0 fully saturated rings. The fourth-order valence-corrected chi connectivity index (χ4v) is 2.29. The van der Waals surface area contributed by atoms with Crippen LogP contribution in [0.2, 0.25) is 19.6 Å². The van der Waals surface area contributed by atoms with E-state index in [0.29, 0.717) is 6.42 Å². The molecule has 0 spiro atoms. The second-order valence-electron chi connectivity index (χ2n) is 5.56. The highest BCUT2D eigenvalue weighted by atomic mass is 28.3. The van der Waals surface area contributed by atoms with E-state index < -0.39 is 20.0 Å². The first-order valence-electron chi connectivity index (χ1n) is 6.09. The average molecular weight is 260 g/mol. The first-order chi connectivity index (χ1) is 8.29. The maximum absolute atomic E-state index is 11.3. The van der Waals surface area contributed by atoms with E-state index in [1.165, 1.54) is 0 Å². The molecule has 18 heavy (non-hydrogen) atoms. The Morgan fingerprint density at radius 2 is 2.06 bits per heavy atom. The summed E-state index contributed by atoms with van der Waals surface area (Å²) >= 11 is 0. The molecular formula is C15H20O2Si. The number of aryl methyl sites for hydroxylation is 1. The Bertz CT molecular complexity index is 489. The van der Waals surface area contributed by atoms with E-state index in [0.717, 1.165) is 11.1 Å². The van der Waals surface area contributed by atoms with Crippen molar-refractivity contribution in [2.75, 3.05) is 0 Å². The molecule has 1 N–H and O–H groups in total. The third kappa shape index (κ3) is 4.76. The molecule has 2 nitrogen and oxygen atoms in total. The Labute approximate surface area is 110 Å². The van der Waals surface area contributed by atoms with Gasteiger partial charge in [-0.1, -0.05) is 49.5 Å². The van der Waals surface area contributed by atoms with Crippen LogP contribution >= 0.6 is 0 Å². The number of carboxylic acids is 1. The first-order valence-corrected chi connectivity index (χ1v) is 9.59. The molecule has 0 bridgehead atoms. The Kier molecular flexibility index (Phi) is 4.74. The lowest BCUT2D eigenvalue weighted by Gasteiger charge is -2.10. The summed E-state index contributed by atoms with van der Waals surface area (Å²) in [7, 11) is -1.42. The Hall–Kier alpha value is -1.53. The van der Waals surface area contributed by atoms with E-state index in [4.69, 9.17) is 0 Å².